The van der Waals surface area contributed by atoms with Gasteiger partial charge in [0, 0.05) is 18.0 Å². The fourth-order valence-corrected chi connectivity index (χ4v) is 1.80. The van der Waals surface area contributed by atoms with E-state index in [4.69, 9.17) is 11.6 Å². The second-order valence-electron chi connectivity index (χ2n) is 3.98. The van der Waals surface area contributed by atoms with Crippen molar-refractivity contribution < 1.29 is 8.78 Å². The fourth-order valence-electron chi connectivity index (χ4n) is 1.61. The van der Waals surface area contributed by atoms with Crippen molar-refractivity contribution in [3.63, 3.8) is 0 Å². The molecule has 0 aromatic heterocycles. The lowest BCUT2D eigenvalue weighted by Crippen LogP contribution is -2.16. The third-order valence-electron chi connectivity index (χ3n) is 2.60. The minimum absolute atomic E-state index is 0.119. The lowest BCUT2D eigenvalue weighted by atomic mass is 10.2. The minimum Gasteiger partial charge on any atom is -0.312 e. The van der Waals surface area contributed by atoms with E-state index < -0.39 is 11.6 Å². The summed E-state index contributed by atoms with van der Waals surface area (Å²) in [5.41, 5.74) is 0.119. The van der Waals surface area contributed by atoms with Crippen LogP contribution in [0.1, 0.15) is 31.2 Å². The van der Waals surface area contributed by atoms with E-state index in [1.54, 1.807) is 0 Å². The van der Waals surface area contributed by atoms with Crippen LogP contribution < -0.4 is 5.32 Å². The molecule has 1 nitrogen and oxygen atoms in total. The monoisotopic (exact) mass is 261 g/mol. The molecule has 0 heterocycles. The van der Waals surface area contributed by atoms with Gasteiger partial charge in [0.25, 0.3) is 0 Å². The lowest BCUT2D eigenvalue weighted by molar-refractivity contribution is 0.527. The van der Waals surface area contributed by atoms with Crippen LogP contribution in [0.5, 0.6) is 0 Å². The highest BCUT2D eigenvalue weighted by Crippen LogP contribution is 2.11. The first-order valence-corrected chi connectivity index (χ1v) is 6.48. The molecule has 0 aliphatic heterocycles. The van der Waals surface area contributed by atoms with E-state index >= 15 is 0 Å². The van der Waals surface area contributed by atoms with E-state index in [2.05, 4.69) is 5.32 Å². The van der Waals surface area contributed by atoms with Crippen LogP contribution in [0, 0.1) is 11.6 Å². The molecular weight excluding hydrogens is 244 g/mol. The smallest absolute Gasteiger partial charge is 0.130 e. The maximum atomic E-state index is 13.2. The summed E-state index contributed by atoms with van der Waals surface area (Å²) in [6, 6.07) is 3.93. The zero-order chi connectivity index (χ0) is 12.5. The molecule has 0 radical (unpaired) electrons. The second-order valence-corrected chi connectivity index (χ2v) is 4.36. The predicted octanol–water partition coefficient (Wildman–Crippen LogP) is 3.85. The first kappa shape index (κ1) is 14.4. The zero-order valence-corrected chi connectivity index (χ0v) is 10.6. The normalized spacial score (nSPS) is 10.8. The number of hydrogen-bond donors (Lipinski definition) is 1. The summed E-state index contributed by atoms with van der Waals surface area (Å²) in [6.45, 7) is 1.02. The molecule has 0 bridgehead atoms. The third-order valence-corrected chi connectivity index (χ3v) is 2.87. The summed E-state index contributed by atoms with van der Waals surface area (Å²) in [5.74, 6) is -0.271. The van der Waals surface area contributed by atoms with E-state index in [1.807, 2.05) is 0 Å². The Kier molecular flexibility index (Phi) is 7.13. The van der Waals surface area contributed by atoms with Crippen molar-refractivity contribution in [3.05, 3.63) is 35.4 Å². The number of alkyl halides is 1. The molecule has 0 amide bonds. The summed E-state index contributed by atoms with van der Waals surface area (Å²) in [5, 5.41) is 3.05. The van der Waals surface area contributed by atoms with Gasteiger partial charge in [0.2, 0.25) is 0 Å². The van der Waals surface area contributed by atoms with Crippen LogP contribution in [0.3, 0.4) is 0 Å². The molecule has 0 aliphatic rings. The molecular formula is C13H18ClF2N. The van der Waals surface area contributed by atoms with Gasteiger partial charge in [0.1, 0.15) is 11.6 Å². The van der Waals surface area contributed by atoms with Crippen molar-refractivity contribution >= 4 is 11.6 Å². The van der Waals surface area contributed by atoms with E-state index in [0.29, 0.717) is 5.88 Å². The summed E-state index contributed by atoms with van der Waals surface area (Å²) < 4.78 is 26.5. The molecule has 4 heteroatoms. The number of unbranched alkanes of at least 4 members (excludes halogenated alkanes) is 3. The molecule has 0 fully saturated rings. The van der Waals surface area contributed by atoms with Crippen molar-refractivity contribution in [3.8, 4) is 0 Å². The largest absolute Gasteiger partial charge is 0.312 e. The molecule has 0 saturated carbocycles. The molecule has 17 heavy (non-hydrogen) atoms. The Hall–Kier alpha value is -0.670. The van der Waals surface area contributed by atoms with Gasteiger partial charge in [-0.25, -0.2) is 8.78 Å². The average molecular weight is 262 g/mol. The van der Waals surface area contributed by atoms with Crippen LogP contribution in [0.15, 0.2) is 18.2 Å². The van der Waals surface area contributed by atoms with Crippen molar-refractivity contribution in [2.75, 3.05) is 12.4 Å². The molecule has 0 spiro atoms. The molecule has 0 atom stereocenters. The van der Waals surface area contributed by atoms with Crippen LogP contribution in [0.4, 0.5) is 8.78 Å². The van der Waals surface area contributed by atoms with Crippen molar-refractivity contribution in [2.24, 2.45) is 0 Å². The van der Waals surface area contributed by atoms with Crippen LogP contribution in [0.25, 0.3) is 0 Å². The van der Waals surface area contributed by atoms with Gasteiger partial charge in [0.05, 0.1) is 0 Å². The minimum atomic E-state index is -0.486. The SMILES string of the molecule is Fc1cccc(F)c1CNCCCCCCCl. The van der Waals surface area contributed by atoms with E-state index in [-0.39, 0.29) is 12.1 Å². The van der Waals surface area contributed by atoms with Crippen molar-refractivity contribution in [2.45, 2.75) is 32.2 Å². The topological polar surface area (TPSA) is 12.0 Å². The number of rotatable bonds is 8. The Labute approximate surface area is 106 Å². The molecule has 0 saturated heterocycles. The second kappa shape index (κ2) is 8.43. The maximum Gasteiger partial charge on any atom is 0.130 e. The summed E-state index contributed by atoms with van der Waals surface area (Å²) in [7, 11) is 0. The molecule has 1 N–H and O–H groups in total. The van der Waals surface area contributed by atoms with Gasteiger partial charge in [-0.2, -0.15) is 0 Å². The van der Waals surface area contributed by atoms with Crippen LogP contribution >= 0.6 is 11.6 Å². The number of hydrogen-bond acceptors (Lipinski definition) is 1. The lowest BCUT2D eigenvalue weighted by Gasteiger charge is -2.06. The van der Waals surface area contributed by atoms with E-state index in [0.717, 1.165) is 32.2 Å². The molecule has 96 valence electrons. The highest BCUT2D eigenvalue weighted by molar-refractivity contribution is 6.17. The van der Waals surface area contributed by atoms with Crippen LogP contribution in [-0.2, 0) is 6.54 Å². The predicted molar refractivity (Wildman–Crippen MR) is 67.3 cm³/mol. The van der Waals surface area contributed by atoms with Gasteiger partial charge < -0.3 is 5.32 Å². The summed E-state index contributed by atoms with van der Waals surface area (Å²) >= 11 is 5.56. The quantitative estimate of drug-likeness (QED) is 0.554. The standard InChI is InChI=1S/C13H18ClF2N/c14-8-3-1-2-4-9-17-10-11-12(15)6-5-7-13(11)16/h5-7,17H,1-4,8-10H2. The number of nitrogens with one attached hydrogen (secondary N) is 1. The first-order chi connectivity index (χ1) is 8.25. The number of benzene rings is 1. The van der Waals surface area contributed by atoms with E-state index in [9.17, 15) is 8.78 Å². The Morgan fingerprint density at radius 1 is 1.00 bits per heavy atom. The first-order valence-electron chi connectivity index (χ1n) is 5.95. The zero-order valence-electron chi connectivity index (χ0n) is 9.82. The third kappa shape index (κ3) is 5.46. The molecule has 1 aromatic carbocycles. The van der Waals surface area contributed by atoms with Gasteiger partial charge >= 0.3 is 0 Å². The van der Waals surface area contributed by atoms with Crippen molar-refractivity contribution in [1.82, 2.24) is 5.32 Å². The average Bonchev–Trinajstić information content (AvgIpc) is 2.31. The Balaban J connectivity index is 2.18. The van der Waals surface area contributed by atoms with Gasteiger partial charge in [0.15, 0.2) is 0 Å². The van der Waals surface area contributed by atoms with Crippen LogP contribution in [0.2, 0.25) is 0 Å². The Morgan fingerprint density at radius 2 is 1.65 bits per heavy atom. The van der Waals surface area contributed by atoms with E-state index in [1.165, 1.54) is 18.2 Å². The van der Waals surface area contributed by atoms with Gasteiger partial charge in [-0.05, 0) is 31.5 Å². The summed E-state index contributed by atoms with van der Waals surface area (Å²) in [6.07, 6.45) is 4.25. The molecule has 0 aliphatic carbocycles. The van der Waals surface area contributed by atoms with Gasteiger partial charge in [-0.3, -0.25) is 0 Å². The van der Waals surface area contributed by atoms with Gasteiger partial charge in [-0.15, -0.1) is 11.6 Å². The van der Waals surface area contributed by atoms with Crippen molar-refractivity contribution in [1.29, 1.82) is 0 Å². The molecule has 0 unspecified atom stereocenters. The highest BCUT2D eigenvalue weighted by Gasteiger charge is 2.06. The highest BCUT2D eigenvalue weighted by atomic mass is 35.5. The fraction of sp³-hybridized carbons (Fsp3) is 0.538. The molecule has 1 aromatic rings. The molecule has 1 rings (SSSR count). The van der Waals surface area contributed by atoms with Crippen LogP contribution in [-0.4, -0.2) is 12.4 Å². The maximum absolute atomic E-state index is 13.2. The number of halogens is 3. The Bertz CT molecular complexity index is 311. The Morgan fingerprint density at radius 3 is 2.29 bits per heavy atom. The summed E-state index contributed by atoms with van der Waals surface area (Å²) in [4.78, 5) is 0. The van der Waals surface area contributed by atoms with Gasteiger partial charge in [-0.1, -0.05) is 18.9 Å².